The summed E-state index contributed by atoms with van der Waals surface area (Å²) in [5, 5.41) is 5.67. The van der Waals surface area contributed by atoms with Crippen LogP contribution in [0.3, 0.4) is 0 Å². The largest absolute Gasteiger partial charge is 0.464 e. The number of nitrogens with zero attached hydrogens (tertiary/aromatic N) is 4. The minimum absolute atomic E-state index is 0.112. The number of nitrogens with one attached hydrogen (secondary N) is 2. The molecular formula is C55H72N6O7. The van der Waals surface area contributed by atoms with Gasteiger partial charge in [0.05, 0.1) is 24.8 Å². The molecule has 4 heterocycles. The number of benzene rings is 3. The highest BCUT2D eigenvalue weighted by atomic mass is 16.5. The third kappa shape index (κ3) is 11.2. The Hall–Kier alpha value is -5.79. The fourth-order valence-corrected chi connectivity index (χ4v) is 10.3. The number of methoxy groups -OCH3 is 1. The molecule has 0 saturated carbocycles. The number of carbonyl (C=O) groups excluding carboxylic acids is 5. The SMILES string of the molecule is CCC/C=C/C(=O)N1CC[C@H](C(=O)N(C)[C@H](C(=O)N[C@H]2Cc3cccc(c3)-c3ccc4c(c3)c(c(-c3ccccc3CCOC)n4CC)CC(C)(C)COC(=O)[C@@H]3CCCN(N3)C2=O)C(C)C)C1. The van der Waals surface area contributed by atoms with E-state index in [-0.39, 0.29) is 43.2 Å². The molecule has 13 nitrogen and oxygen atoms in total. The molecule has 0 aliphatic carbocycles. The summed E-state index contributed by atoms with van der Waals surface area (Å²) in [6, 6.07) is 20.6. The van der Waals surface area contributed by atoms with Crippen LogP contribution in [0.2, 0.25) is 0 Å². The maximum atomic E-state index is 14.8. The molecule has 7 rings (SSSR count). The van der Waals surface area contributed by atoms with Gasteiger partial charge in [-0.25, -0.2) is 5.43 Å². The van der Waals surface area contributed by atoms with Crippen LogP contribution in [0, 0.1) is 17.3 Å². The number of unbranched alkanes of at least 4 members (excludes halogenated alkanes) is 1. The van der Waals surface area contributed by atoms with Gasteiger partial charge in [-0.1, -0.05) is 102 Å². The summed E-state index contributed by atoms with van der Waals surface area (Å²) in [7, 11) is 3.36. The van der Waals surface area contributed by atoms with Crippen LogP contribution >= 0.6 is 0 Å². The molecule has 13 heteroatoms. The number of rotatable bonds is 13. The maximum Gasteiger partial charge on any atom is 0.324 e. The van der Waals surface area contributed by atoms with Gasteiger partial charge in [0.1, 0.15) is 18.1 Å². The number of likely N-dealkylation sites (tertiary alicyclic amines) is 1. The van der Waals surface area contributed by atoms with E-state index in [0.29, 0.717) is 45.4 Å². The zero-order valence-corrected chi connectivity index (χ0v) is 41.4. The van der Waals surface area contributed by atoms with Gasteiger partial charge in [0.2, 0.25) is 17.7 Å². The van der Waals surface area contributed by atoms with Crippen LogP contribution in [0.15, 0.2) is 78.9 Å². The molecule has 3 aliphatic rings. The van der Waals surface area contributed by atoms with Gasteiger partial charge < -0.3 is 29.2 Å². The summed E-state index contributed by atoms with van der Waals surface area (Å²) in [4.78, 5) is 73.4. The van der Waals surface area contributed by atoms with E-state index >= 15 is 0 Å². The second-order valence-electron chi connectivity index (χ2n) is 20.0. The van der Waals surface area contributed by atoms with E-state index < -0.39 is 41.3 Å². The molecule has 0 radical (unpaired) electrons. The Morgan fingerprint density at radius 3 is 2.53 bits per heavy atom. The van der Waals surface area contributed by atoms with Crippen molar-refractivity contribution in [1.29, 1.82) is 0 Å². The van der Waals surface area contributed by atoms with Crippen LogP contribution in [-0.2, 0) is 59.3 Å². The van der Waals surface area contributed by atoms with E-state index in [1.54, 1.807) is 25.1 Å². The lowest BCUT2D eigenvalue weighted by Crippen LogP contribution is -2.62. The molecule has 0 spiro atoms. The van der Waals surface area contributed by atoms with Gasteiger partial charge >= 0.3 is 5.97 Å². The first-order valence-corrected chi connectivity index (χ1v) is 24.7. The van der Waals surface area contributed by atoms with Gasteiger partial charge in [-0.2, -0.15) is 0 Å². The minimum atomic E-state index is -1.04. The summed E-state index contributed by atoms with van der Waals surface area (Å²) in [5.41, 5.74) is 11.3. The number of carbonyl (C=O) groups is 5. The van der Waals surface area contributed by atoms with E-state index in [9.17, 15) is 24.0 Å². The van der Waals surface area contributed by atoms with Crippen molar-refractivity contribution >= 4 is 40.5 Å². The number of allylic oxidation sites excluding steroid dienone is 1. The van der Waals surface area contributed by atoms with Gasteiger partial charge in [0.15, 0.2) is 0 Å². The molecule has 3 aliphatic heterocycles. The average molecular weight is 929 g/mol. The lowest BCUT2D eigenvalue weighted by atomic mass is 9.83. The highest BCUT2D eigenvalue weighted by Crippen LogP contribution is 2.41. The summed E-state index contributed by atoms with van der Waals surface area (Å²) < 4.78 is 14.1. The second-order valence-corrected chi connectivity index (χ2v) is 20.0. The van der Waals surface area contributed by atoms with E-state index in [1.165, 1.54) is 21.0 Å². The van der Waals surface area contributed by atoms with Crippen LogP contribution < -0.4 is 10.7 Å². The Bertz CT molecular complexity index is 2510. The van der Waals surface area contributed by atoms with Crippen molar-refractivity contribution in [2.24, 2.45) is 17.3 Å². The first kappa shape index (κ1) is 50.1. The van der Waals surface area contributed by atoms with Crippen molar-refractivity contribution in [3.8, 4) is 22.4 Å². The van der Waals surface area contributed by atoms with E-state index in [2.05, 4.69) is 97.6 Å². The smallest absolute Gasteiger partial charge is 0.324 e. The quantitative estimate of drug-likeness (QED) is 0.104. The third-order valence-corrected chi connectivity index (χ3v) is 13.9. The fourth-order valence-electron chi connectivity index (χ4n) is 10.3. The molecule has 2 N–H and O–H groups in total. The highest BCUT2D eigenvalue weighted by Gasteiger charge is 2.40. The van der Waals surface area contributed by atoms with Crippen LogP contribution in [-0.4, -0.2) is 114 Å². The van der Waals surface area contributed by atoms with Crippen molar-refractivity contribution in [1.82, 2.24) is 30.1 Å². The number of esters is 1. The van der Waals surface area contributed by atoms with Crippen molar-refractivity contribution in [3.63, 3.8) is 0 Å². The van der Waals surface area contributed by atoms with Crippen molar-refractivity contribution < 1.29 is 33.4 Å². The number of hydrazine groups is 1. The van der Waals surface area contributed by atoms with Crippen molar-refractivity contribution in [2.75, 3.05) is 47.0 Å². The molecule has 6 bridgehead atoms. The monoisotopic (exact) mass is 929 g/mol. The Labute approximate surface area is 402 Å². The number of amides is 4. The molecule has 68 heavy (non-hydrogen) atoms. The molecule has 4 amide bonds. The number of hydrogen-bond acceptors (Lipinski definition) is 8. The van der Waals surface area contributed by atoms with Gasteiger partial charge in [-0.3, -0.25) is 29.0 Å². The van der Waals surface area contributed by atoms with Crippen LogP contribution in [0.5, 0.6) is 0 Å². The Morgan fingerprint density at radius 1 is 1.00 bits per heavy atom. The van der Waals surface area contributed by atoms with E-state index in [4.69, 9.17) is 9.47 Å². The zero-order chi connectivity index (χ0) is 48.7. The average Bonchev–Trinajstić information content (AvgIpc) is 3.95. The predicted octanol–water partition coefficient (Wildman–Crippen LogP) is 7.52. The summed E-state index contributed by atoms with van der Waals surface area (Å²) in [6.07, 6.45) is 8.30. The fraction of sp³-hybridized carbons (Fsp3) is 0.509. The molecule has 2 saturated heterocycles. The number of fused-ring (bicyclic) bond motifs is 6. The normalized spacial score (nSPS) is 20.4. The number of likely N-dealkylation sites (N-methyl/N-ethyl adjacent to an activating group) is 1. The zero-order valence-electron chi connectivity index (χ0n) is 41.4. The van der Waals surface area contributed by atoms with Gasteiger partial charge in [0, 0.05) is 68.6 Å². The molecular weight excluding hydrogens is 857 g/mol. The van der Waals surface area contributed by atoms with Crippen molar-refractivity contribution in [2.45, 2.75) is 118 Å². The van der Waals surface area contributed by atoms with Gasteiger partial charge in [-0.15, -0.1) is 0 Å². The van der Waals surface area contributed by atoms with Gasteiger partial charge in [0.25, 0.3) is 5.91 Å². The minimum Gasteiger partial charge on any atom is -0.464 e. The lowest BCUT2D eigenvalue weighted by Gasteiger charge is -2.37. The second kappa shape index (κ2) is 22.1. The standard InChI is InChI=1S/C55H72N6O7/c1-9-11-12-22-48(62)59-28-25-41(34-59)52(64)58(7)49(36(3)4)51(63)56-46-31-37-17-15-19-39(30-37)40-23-24-47-43(32-40)44(50(60(47)10-2)42-20-14-13-18-38(42)26-29-67-8)33-55(5,6)35-68-54(66)45-21-16-27-61(57-45)53(46)65/h12-15,17-20,22-24,30,32,36,41,45-46,49,57H,9-11,16,21,25-29,31,33-35H2,1-8H3,(H,56,63)/b22-12+/t41-,45-,46-,49-/m0/s1. The first-order chi connectivity index (χ1) is 32.6. The number of ether oxygens (including phenoxy) is 2. The first-order valence-electron chi connectivity index (χ1n) is 24.7. The molecule has 2 fully saturated rings. The summed E-state index contributed by atoms with van der Waals surface area (Å²) in [5.74, 6) is -2.33. The molecule has 0 unspecified atom stereocenters. The topological polar surface area (TPSA) is 143 Å². The summed E-state index contributed by atoms with van der Waals surface area (Å²) >= 11 is 0. The molecule has 4 atom stereocenters. The lowest BCUT2D eigenvalue weighted by molar-refractivity contribution is -0.155. The Morgan fingerprint density at radius 2 is 1.78 bits per heavy atom. The Kier molecular flexibility index (Phi) is 16.3. The van der Waals surface area contributed by atoms with Crippen molar-refractivity contribution in [3.05, 3.63) is 95.6 Å². The molecule has 4 aromatic rings. The number of cyclic esters (lactones) is 1. The van der Waals surface area contributed by atoms with Crippen LogP contribution in [0.1, 0.15) is 90.3 Å². The third-order valence-electron chi connectivity index (χ3n) is 13.9. The maximum absolute atomic E-state index is 14.8. The van der Waals surface area contributed by atoms with Crippen LogP contribution in [0.4, 0.5) is 0 Å². The number of hydrogen-bond donors (Lipinski definition) is 2. The van der Waals surface area contributed by atoms with Crippen LogP contribution in [0.25, 0.3) is 33.3 Å². The van der Waals surface area contributed by atoms with E-state index in [1.807, 2.05) is 32.1 Å². The summed E-state index contributed by atoms with van der Waals surface area (Å²) in [6.45, 7) is 14.9. The number of aryl methyl sites for hydroxylation is 1. The van der Waals surface area contributed by atoms with Gasteiger partial charge in [-0.05, 0) is 97.4 Å². The number of aromatic nitrogens is 1. The Balaban J connectivity index is 1.25. The molecule has 1 aromatic heterocycles. The highest BCUT2D eigenvalue weighted by molar-refractivity contribution is 5.96. The predicted molar refractivity (Wildman–Crippen MR) is 266 cm³/mol. The molecule has 3 aromatic carbocycles. The van der Waals surface area contributed by atoms with E-state index in [0.717, 1.165) is 64.7 Å². The molecule has 364 valence electrons.